The van der Waals surface area contributed by atoms with E-state index in [-0.39, 0.29) is 47.8 Å². The van der Waals surface area contributed by atoms with Crippen molar-refractivity contribution >= 4 is 18.1 Å². The Labute approximate surface area is 211 Å². The van der Waals surface area contributed by atoms with Gasteiger partial charge in [0.2, 0.25) is 0 Å². The molecule has 2 aliphatic carbocycles. The number of cyclic esters (lactones) is 1. The summed E-state index contributed by atoms with van der Waals surface area (Å²) in [6.07, 6.45) is 9.07. The third kappa shape index (κ3) is 5.01. The van der Waals surface area contributed by atoms with Gasteiger partial charge in [0.15, 0.2) is 0 Å². The molecule has 7 heteroatoms. The largest absolute Gasteiger partial charge is 0.462 e. The van der Waals surface area contributed by atoms with E-state index in [1.807, 2.05) is 31.2 Å². The fourth-order valence-corrected chi connectivity index (χ4v) is 6.64. The van der Waals surface area contributed by atoms with E-state index in [0.29, 0.717) is 18.4 Å². The van der Waals surface area contributed by atoms with Crippen molar-refractivity contribution in [1.29, 1.82) is 0 Å². The summed E-state index contributed by atoms with van der Waals surface area (Å²) in [5.41, 5.74) is 2.48. The van der Waals surface area contributed by atoms with Crippen molar-refractivity contribution in [2.45, 2.75) is 51.7 Å². The summed E-state index contributed by atoms with van der Waals surface area (Å²) < 4.78 is 24.3. The maximum absolute atomic E-state index is 13.6. The van der Waals surface area contributed by atoms with E-state index < -0.39 is 0 Å². The number of pyridine rings is 1. The normalized spacial score (nSPS) is 31.4. The van der Waals surface area contributed by atoms with E-state index in [4.69, 9.17) is 9.47 Å². The lowest BCUT2D eigenvalue weighted by Gasteiger charge is -2.47. The Kier molecular flexibility index (Phi) is 7.08. The second-order valence-electron chi connectivity index (χ2n) is 10.3. The molecule has 190 valence electrons. The van der Waals surface area contributed by atoms with Gasteiger partial charge < -0.3 is 14.8 Å². The number of rotatable bonds is 5. The van der Waals surface area contributed by atoms with Crippen LogP contribution in [0, 0.1) is 35.4 Å². The first-order valence-electron chi connectivity index (χ1n) is 13.0. The molecule has 0 spiro atoms. The molecular formula is C29H33FN2O4. The maximum atomic E-state index is 13.6. The highest BCUT2D eigenvalue weighted by molar-refractivity contribution is 5.75. The van der Waals surface area contributed by atoms with E-state index in [2.05, 4.69) is 16.4 Å². The van der Waals surface area contributed by atoms with Crippen molar-refractivity contribution in [2.24, 2.45) is 29.6 Å². The highest BCUT2D eigenvalue weighted by Crippen LogP contribution is 2.53. The van der Waals surface area contributed by atoms with Crippen LogP contribution in [0.2, 0.25) is 0 Å². The van der Waals surface area contributed by atoms with Crippen LogP contribution < -0.4 is 5.32 Å². The van der Waals surface area contributed by atoms with Gasteiger partial charge in [-0.05, 0) is 87.1 Å². The minimum Gasteiger partial charge on any atom is -0.462 e. The van der Waals surface area contributed by atoms with Gasteiger partial charge in [0.05, 0.1) is 18.2 Å². The number of aromatic nitrogens is 1. The Morgan fingerprint density at radius 3 is 2.83 bits per heavy atom. The molecule has 1 amide bonds. The SMILES string of the molecule is CCOC(=O)N[C@@H]1CC[C@H]2[C@H](C1)C[C@@H]1C(=O)O[C@H](C)[C@@H]1[C@@H]2C=Cc1ccc(-c2cccc(F)c2)cn1. The Morgan fingerprint density at radius 2 is 2.08 bits per heavy atom. The zero-order chi connectivity index (χ0) is 25.2. The predicted octanol–water partition coefficient (Wildman–Crippen LogP) is 5.63. The molecule has 0 unspecified atom stereocenters. The van der Waals surface area contributed by atoms with Crippen LogP contribution in [-0.4, -0.2) is 35.8 Å². The molecule has 1 aromatic carbocycles. The minimum absolute atomic E-state index is 0.0679. The lowest BCUT2D eigenvalue weighted by molar-refractivity contribution is -0.144. The molecule has 1 saturated heterocycles. The van der Waals surface area contributed by atoms with Crippen LogP contribution in [0.15, 0.2) is 48.7 Å². The number of nitrogens with one attached hydrogen (secondary N) is 1. The summed E-state index contributed by atoms with van der Waals surface area (Å²) in [6.45, 7) is 4.15. The van der Waals surface area contributed by atoms with Crippen LogP contribution in [0.1, 0.15) is 45.2 Å². The zero-order valence-corrected chi connectivity index (χ0v) is 20.7. The molecule has 0 radical (unpaired) electrons. The molecule has 3 aliphatic rings. The first-order valence-corrected chi connectivity index (χ1v) is 13.0. The molecule has 1 N–H and O–H groups in total. The van der Waals surface area contributed by atoms with Gasteiger partial charge in [-0.2, -0.15) is 0 Å². The quantitative estimate of drug-likeness (QED) is 0.548. The second kappa shape index (κ2) is 10.4. The van der Waals surface area contributed by atoms with Gasteiger partial charge in [0, 0.05) is 23.7 Å². The van der Waals surface area contributed by atoms with E-state index in [1.54, 1.807) is 19.2 Å². The Balaban J connectivity index is 1.34. The number of esters is 1. The third-order valence-electron chi connectivity index (χ3n) is 8.18. The molecule has 2 heterocycles. The van der Waals surface area contributed by atoms with Crippen molar-refractivity contribution in [1.82, 2.24) is 10.3 Å². The number of nitrogens with zero attached hydrogens (tertiary/aromatic N) is 1. The summed E-state index contributed by atoms with van der Waals surface area (Å²) in [5, 5.41) is 3.00. The van der Waals surface area contributed by atoms with E-state index in [1.165, 1.54) is 12.1 Å². The van der Waals surface area contributed by atoms with Gasteiger partial charge in [-0.3, -0.25) is 9.78 Å². The summed E-state index contributed by atoms with van der Waals surface area (Å²) in [5.74, 6) is 0.629. The van der Waals surface area contributed by atoms with Crippen molar-refractivity contribution < 1.29 is 23.5 Å². The van der Waals surface area contributed by atoms with Crippen LogP contribution in [-0.2, 0) is 14.3 Å². The number of amides is 1. The highest BCUT2D eigenvalue weighted by atomic mass is 19.1. The molecule has 1 aliphatic heterocycles. The van der Waals surface area contributed by atoms with Gasteiger partial charge in [-0.1, -0.05) is 24.3 Å². The van der Waals surface area contributed by atoms with Gasteiger partial charge in [0.25, 0.3) is 0 Å². The minimum atomic E-state index is -0.368. The summed E-state index contributed by atoms with van der Waals surface area (Å²) in [4.78, 5) is 29.2. The molecule has 6 nitrogen and oxygen atoms in total. The third-order valence-corrected chi connectivity index (χ3v) is 8.18. The smallest absolute Gasteiger partial charge is 0.407 e. The number of alkyl carbamates (subject to hydrolysis) is 1. The number of hydrogen-bond acceptors (Lipinski definition) is 5. The number of halogens is 1. The summed E-state index contributed by atoms with van der Waals surface area (Å²) in [6, 6.07) is 10.4. The molecule has 2 aromatic rings. The number of allylic oxidation sites excluding steroid dienone is 1. The molecule has 36 heavy (non-hydrogen) atoms. The lowest BCUT2D eigenvalue weighted by Crippen LogP contribution is -2.48. The average Bonchev–Trinajstić information content (AvgIpc) is 3.15. The highest BCUT2D eigenvalue weighted by Gasteiger charge is 2.54. The van der Waals surface area contributed by atoms with Crippen LogP contribution in [0.25, 0.3) is 17.2 Å². The average molecular weight is 493 g/mol. The van der Waals surface area contributed by atoms with Crippen molar-refractivity contribution in [3.05, 3.63) is 60.2 Å². The van der Waals surface area contributed by atoms with E-state index in [9.17, 15) is 14.0 Å². The Hall–Kier alpha value is -3.22. The van der Waals surface area contributed by atoms with Gasteiger partial charge >= 0.3 is 12.1 Å². The summed E-state index contributed by atoms with van der Waals surface area (Å²) in [7, 11) is 0. The first kappa shape index (κ1) is 24.5. The molecule has 1 aromatic heterocycles. The Bertz CT molecular complexity index is 1130. The molecule has 2 saturated carbocycles. The lowest BCUT2D eigenvalue weighted by atomic mass is 9.57. The van der Waals surface area contributed by atoms with Crippen molar-refractivity contribution in [2.75, 3.05) is 6.61 Å². The number of benzene rings is 1. The van der Waals surface area contributed by atoms with Crippen LogP contribution >= 0.6 is 0 Å². The number of fused-ring (bicyclic) bond motifs is 2. The Morgan fingerprint density at radius 1 is 1.22 bits per heavy atom. The van der Waals surface area contributed by atoms with E-state index in [0.717, 1.165) is 42.5 Å². The maximum Gasteiger partial charge on any atom is 0.407 e. The molecule has 7 atom stereocenters. The number of carbonyl (C=O) groups excluding carboxylic acids is 2. The summed E-state index contributed by atoms with van der Waals surface area (Å²) >= 11 is 0. The predicted molar refractivity (Wildman–Crippen MR) is 134 cm³/mol. The van der Waals surface area contributed by atoms with Gasteiger partial charge in [-0.25, -0.2) is 9.18 Å². The number of ether oxygens (including phenoxy) is 2. The zero-order valence-electron chi connectivity index (χ0n) is 20.7. The second-order valence-corrected chi connectivity index (χ2v) is 10.3. The molecule has 3 fully saturated rings. The van der Waals surface area contributed by atoms with E-state index >= 15 is 0 Å². The molecule has 0 bridgehead atoms. The first-order chi connectivity index (χ1) is 17.4. The van der Waals surface area contributed by atoms with Gasteiger partial charge in [0.1, 0.15) is 11.9 Å². The fraction of sp³-hybridized carbons (Fsp3) is 0.483. The molecular weight excluding hydrogens is 459 g/mol. The monoisotopic (exact) mass is 492 g/mol. The van der Waals surface area contributed by atoms with Crippen LogP contribution in [0.3, 0.4) is 0 Å². The van der Waals surface area contributed by atoms with Crippen molar-refractivity contribution in [3.8, 4) is 11.1 Å². The van der Waals surface area contributed by atoms with Crippen LogP contribution in [0.4, 0.5) is 9.18 Å². The molecule has 5 rings (SSSR count). The number of carbonyl (C=O) groups is 2. The standard InChI is InChI=1S/C29H33FN2O4/c1-3-35-29(34)32-23-10-11-24-20(14-23)15-26-27(17(2)36-28(26)33)25(24)12-9-22-8-7-19(16-31-22)18-5-4-6-21(30)13-18/h4-9,12-13,16-17,20,23-27H,3,10-11,14-15H2,1-2H3,(H,32,34)/t17-,20-,23-,24+,25-,26+,27-/m1/s1. The van der Waals surface area contributed by atoms with Gasteiger partial charge in [-0.15, -0.1) is 0 Å². The number of hydrogen-bond donors (Lipinski definition) is 1. The van der Waals surface area contributed by atoms with Crippen molar-refractivity contribution in [3.63, 3.8) is 0 Å². The topological polar surface area (TPSA) is 77.5 Å². The fourth-order valence-electron chi connectivity index (χ4n) is 6.64. The van der Waals surface area contributed by atoms with Crippen LogP contribution in [0.5, 0.6) is 0 Å².